The minimum Gasteiger partial charge on any atom is -0.440 e. The van der Waals surface area contributed by atoms with E-state index in [1.165, 1.54) is 12.1 Å². The van der Waals surface area contributed by atoms with Gasteiger partial charge in [-0.2, -0.15) is 0 Å². The monoisotopic (exact) mass is 418 g/mol. The molecule has 0 unspecified atom stereocenters. The van der Waals surface area contributed by atoms with E-state index in [9.17, 15) is 8.42 Å². The second-order valence-electron chi connectivity index (χ2n) is 7.28. The molecule has 0 bridgehead atoms. The first-order valence-corrected chi connectivity index (χ1v) is 11.1. The molecule has 3 aromatic carbocycles. The van der Waals surface area contributed by atoms with Crippen molar-refractivity contribution in [3.63, 3.8) is 0 Å². The molecule has 5 nitrogen and oxygen atoms in total. The smallest absolute Gasteiger partial charge is 0.238 e. The zero-order chi connectivity index (χ0) is 21.3. The molecule has 0 aliphatic rings. The molecule has 1 heterocycles. The molecule has 4 aromatic rings. The van der Waals surface area contributed by atoms with Crippen LogP contribution in [0.25, 0.3) is 22.6 Å². The normalized spacial score (nSPS) is 11.6. The van der Waals surface area contributed by atoms with Crippen molar-refractivity contribution in [3.05, 3.63) is 95.4 Å². The van der Waals surface area contributed by atoms with Gasteiger partial charge in [0.25, 0.3) is 0 Å². The molecule has 152 valence electrons. The van der Waals surface area contributed by atoms with E-state index in [0.29, 0.717) is 18.1 Å². The van der Waals surface area contributed by atoms with Crippen LogP contribution in [0.3, 0.4) is 0 Å². The minimum absolute atomic E-state index is 0.0592. The van der Waals surface area contributed by atoms with Gasteiger partial charge in [-0.1, -0.05) is 48.5 Å². The fourth-order valence-electron chi connectivity index (χ4n) is 3.56. The Morgan fingerprint density at radius 3 is 2.10 bits per heavy atom. The van der Waals surface area contributed by atoms with Gasteiger partial charge in [0.1, 0.15) is 5.69 Å². The number of hydrogen-bond donors (Lipinski definition) is 1. The van der Waals surface area contributed by atoms with Gasteiger partial charge in [0.15, 0.2) is 11.7 Å². The van der Waals surface area contributed by atoms with E-state index in [4.69, 9.17) is 14.5 Å². The van der Waals surface area contributed by atoms with E-state index in [0.717, 1.165) is 33.5 Å². The first kappa shape index (κ1) is 20.1. The predicted octanol–water partition coefficient (Wildman–Crippen LogP) is 4.86. The zero-order valence-corrected chi connectivity index (χ0v) is 17.6. The summed E-state index contributed by atoms with van der Waals surface area (Å²) in [6.45, 7) is 4.09. The fourth-order valence-corrected chi connectivity index (χ4v) is 4.08. The van der Waals surface area contributed by atoms with Crippen molar-refractivity contribution >= 4 is 10.0 Å². The molecule has 30 heavy (non-hydrogen) atoms. The molecule has 4 rings (SSSR count). The van der Waals surface area contributed by atoms with Gasteiger partial charge in [0, 0.05) is 17.5 Å². The number of nitrogens with two attached hydrogens (primary N) is 1. The topological polar surface area (TPSA) is 86.2 Å². The van der Waals surface area contributed by atoms with Gasteiger partial charge in [0.2, 0.25) is 10.0 Å². The van der Waals surface area contributed by atoms with Gasteiger partial charge in [-0.15, -0.1) is 0 Å². The maximum Gasteiger partial charge on any atom is 0.238 e. The van der Waals surface area contributed by atoms with Crippen molar-refractivity contribution < 1.29 is 12.8 Å². The maximum atomic E-state index is 11.6. The number of sulfonamides is 1. The third-order valence-electron chi connectivity index (χ3n) is 5.03. The highest BCUT2D eigenvalue weighted by Gasteiger charge is 2.20. The Bertz CT molecular complexity index is 1270. The average Bonchev–Trinajstić information content (AvgIpc) is 3.11. The lowest BCUT2D eigenvalue weighted by atomic mass is 9.97. The van der Waals surface area contributed by atoms with Crippen LogP contribution in [-0.2, 0) is 16.4 Å². The molecule has 1 aromatic heterocycles. The molecular weight excluding hydrogens is 396 g/mol. The number of aromatic nitrogens is 1. The summed E-state index contributed by atoms with van der Waals surface area (Å²) in [5, 5.41) is 5.23. The molecule has 0 aliphatic carbocycles. The number of hydrogen-bond acceptors (Lipinski definition) is 4. The Hall–Kier alpha value is -3.22. The van der Waals surface area contributed by atoms with E-state index in [2.05, 4.69) is 0 Å². The van der Waals surface area contributed by atoms with Crippen molar-refractivity contribution in [2.24, 2.45) is 5.14 Å². The molecular formula is C24H22N2O3S. The molecule has 2 N–H and O–H groups in total. The van der Waals surface area contributed by atoms with Crippen LogP contribution in [0.4, 0.5) is 0 Å². The summed E-state index contributed by atoms with van der Waals surface area (Å²) < 4.78 is 29.4. The van der Waals surface area contributed by atoms with Gasteiger partial charge in [0.05, 0.1) is 4.90 Å². The number of rotatable bonds is 5. The van der Waals surface area contributed by atoms with Crippen LogP contribution >= 0.6 is 0 Å². The van der Waals surface area contributed by atoms with Crippen molar-refractivity contribution in [1.29, 1.82) is 0 Å². The molecule has 6 heteroatoms. The molecule has 0 atom stereocenters. The Balaban J connectivity index is 1.85. The van der Waals surface area contributed by atoms with Crippen LogP contribution in [0, 0.1) is 13.8 Å². The summed E-state index contributed by atoms with van der Waals surface area (Å²) >= 11 is 0. The average molecular weight is 419 g/mol. The number of benzene rings is 3. The third kappa shape index (κ3) is 4.06. The predicted molar refractivity (Wildman–Crippen MR) is 117 cm³/mol. The Kier molecular flexibility index (Phi) is 5.28. The standard InChI is InChI=1S/C24H22N2O3S/c1-16-7-6-8-17(2)22(16)23-24(19-11-13-20(14-12-19)30(25,27)28)29-21(26-23)15-18-9-4-3-5-10-18/h3-14H,15H2,1-2H3,(H2,25,27,28). The summed E-state index contributed by atoms with van der Waals surface area (Å²) in [6.07, 6.45) is 0.564. The van der Waals surface area contributed by atoms with Gasteiger partial charge in [-0.25, -0.2) is 18.5 Å². The molecule has 0 fully saturated rings. The van der Waals surface area contributed by atoms with Gasteiger partial charge < -0.3 is 4.42 Å². The lowest BCUT2D eigenvalue weighted by Crippen LogP contribution is -2.11. The second kappa shape index (κ2) is 7.89. The lowest BCUT2D eigenvalue weighted by Gasteiger charge is -2.09. The van der Waals surface area contributed by atoms with E-state index in [1.54, 1.807) is 12.1 Å². The van der Waals surface area contributed by atoms with Gasteiger partial charge in [-0.3, -0.25) is 0 Å². The number of oxazole rings is 1. The van der Waals surface area contributed by atoms with Crippen molar-refractivity contribution in [1.82, 2.24) is 4.98 Å². The van der Waals surface area contributed by atoms with Crippen LogP contribution < -0.4 is 5.14 Å². The Morgan fingerprint density at radius 1 is 0.867 bits per heavy atom. The van der Waals surface area contributed by atoms with Crippen molar-refractivity contribution in [3.8, 4) is 22.6 Å². The molecule has 0 aliphatic heterocycles. The van der Waals surface area contributed by atoms with E-state index in [1.807, 2.05) is 62.4 Å². The van der Waals surface area contributed by atoms with Crippen molar-refractivity contribution in [2.75, 3.05) is 0 Å². The summed E-state index contributed by atoms with van der Waals surface area (Å²) in [5.41, 5.74) is 5.80. The first-order valence-electron chi connectivity index (χ1n) is 9.56. The van der Waals surface area contributed by atoms with Crippen LogP contribution in [-0.4, -0.2) is 13.4 Å². The molecule has 0 amide bonds. The highest BCUT2D eigenvalue weighted by Crippen LogP contribution is 2.37. The second-order valence-corrected chi connectivity index (χ2v) is 8.85. The summed E-state index contributed by atoms with van der Waals surface area (Å²) in [7, 11) is -3.76. The fraction of sp³-hybridized carbons (Fsp3) is 0.125. The maximum absolute atomic E-state index is 11.6. The summed E-state index contributed by atoms with van der Waals surface area (Å²) in [6, 6.07) is 22.5. The number of primary sulfonamides is 1. The quantitative estimate of drug-likeness (QED) is 0.501. The number of nitrogens with zero attached hydrogens (tertiary/aromatic N) is 1. The van der Waals surface area contributed by atoms with Crippen LogP contribution in [0.2, 0.25) is 0 Å². The first-order chi connectivity index (χ1) is 14.3. The lowest BCUT2D eigenvalue weighted by molar-refractivity contribution is 0.519. The summed E-state index contributed by atoms with van der Waals surface area (Å²) in [5.74, 6) is 1.21. The molecule has 0 spiro atoms. The highest BCUT2D eigenvalue weighted by molar-refractivity contribution is 7.89. The molecule has 0 saturated carbocycles. The minimum atomic E-state index is -3.76. The highest BCUT2D eigenvalue weighted by atomic mass is 32.2. The molecule has 0 radical (unpaired) electrons. The van der Waals surface area contributed by atoms with E-state index < -0.39 is 10.0 Å². The number of aryl methyl sites for hydroxylation is 2. The molecule has 0 saturated heterocycles. The van der Waals surface area contributed by atoms with E-state index in [-0.39, 0.29) is 4.90 Å². The van der Waals surface area contributed by atoms with Gasteiger partial charge >= 0.3 is 0 Å². The summed E-state index contributed by atoms with van der Waals surface area (Å²) in [4.78, 5) is 4.89. The van der Waals surface area contributed by atoms with Crippen molar-refractivity contribution in [2.45, 2.75) is 25.2 Å². The zero-order valence-electron chi connectivity index (χ0n) is 16.8. The largest absolute Gasteiger partial charge is 0.440 e. The van der Waals surface area contributed by atoms with Crippen LogP contribution in [0.15, 0.2) is 82.1 Å². The Morgan fingerprint density at radius 2 is 1.50 bits per heavy atom. The van der Waals surface area contributed by atoms with E-state index >= 15 is 0 Å². The third-order valence-corrected chi connectivity index (χ3v) is 5.96. The van der Waals surface area contributed by atoms with Crippen LogP contribution in [0.5, 0.6) is 0 Å². The van der Waals surface area contributed by atoms with Gasteiger partial charge in [-0.05, 0) is 54.8 Å². The Labute approximate surface area is 176 Å². The van der Waals surface area contributed by atoms with Crippen LogP contribution in [0.1, 0.15) is 22.6 Å². The SMILES string of the molecule is Cc1cccc(C)c1-c1nc(Cc2ccccc2)oc1-c1ccc(S(N)(=O)=O)cc1.